The van der Waals surface area contributed by atoms with Gasteiger partial charge in [0, 0.05) is 10.9 Å². The van der Waals surface area contributed by atoms with E-state index < -0.39 is 0 Å². The van der Waals surface area contributed by atoms with Crippen molar-refractivity contribution in [2.24, 2.45) is 5.10 Å². The van der Waals surface area contributed by atoms with Crippen LogP contribution in [0, 0.1) is 0 Å². The van der Waals surface area contributed by atoms with Crippen LogP contribution in [0.4, 0.5) is 0 Å². The van der Waals surface area contributed by atoms with Crippen LogP contribution in [-0.2, 0) is 0 Å². The van der Waals surface area contributed by atoms with Gasteiger partial charge in [-0.25, -0.2) is 10.4 Å². The fraction of sp³-hybridized carbons (Fsp3) is 0.0417. The van der Waals surface area contributed by atoms with Crippen molar-refractivity contribution in [2.75, 3.05) is 0 Å². The molecule has 0 radical (unpaired) electrons. The molecule has 0 aliphatic rings. The van der Waals surface area contributed by atoms with Gasteiger partial charge in [0.25, 0.3) is 5.91 Å². The summed E-state index contributed by atoms with van der Waals surface area (Å²) in [5, 5.41) is 5.91. The number of hydrogen-bond donors (Lipinski definition) is 1. The van der Waals surface area contributed by atoms with Crippen molar-refractivity contribution in [1.29, 1.82) is 0 Å². The number of benzene rings is 3. The SMILES string of the molecule is CC(=NNC(=O)c1cc(-c2ccccc2)nc2ccccc12)c1ccc(Cl)c(Cl)c1. The van der Waals surface area contributed by atoms with Crippen molar-refractivity contribution in [3.8, 4) is 11.3 Å². The zero-order chi connectivity index (χ0) is 21.1. The highest BCUT2D eigenvalue weighted by molar-refractivity contribution is 6.42. The zero-order valence-corrected chi connectivity index (χ0v) is 17.6. The lowest BCUT2D eigenvalue weighted by Crippen LogP contribution is -2.20. The van der Waals surface area contributed by atoms with E-state index in [1.165, 1.54) is 0 Å². The highest BCUT2D eigenvalue weighted by Gasteiger charge is 2.14. The monoisotopic (exact) mass is 433 g/mol. The highest BCUT2D eigenvalue weighted by atomic mass is 35.5. The fourth-order valence-corrected chi connectivity index (χ4v) is 3.40. The van der Waals surface area contributed by atoms with Crippen LogP contribution in [0.1, 0.15) is 22.8 Å². The first-order valence-electron chi connectivity index (χ1n) is 9.28. The van der Waals surface area contributed by atoms with Crippen LogP contribution in [0.25, 0.3) is 22.2 Å². The number of halogens is 2. The first kappa shape index (κ1) is 20.1. The molecule has 4 nitrogen and oxygen atoms in total. The molecule has 148 valence electrons. The number of nitrogens with one attached hydrogen (secondary N) is 1. The van der Waals surface area contributed by atoms with E-state index >= 15 is 0 Å². The summed E-state index contributed by atoms with van der Waals surface area (Å²) < 4.78 is 0. The standard InChI is InChI=1S/C24H17Cl2N3O/c1-15(17-11-12-20(25)21(26)13-17)28-29-24(30)19-14-23(16-7-3-2-4-8-16)27-22-10-6-5-9-18(19)22/h2-14H,1H3,(H,29,30). The van der Waals surface area contributed by atoms with Gasteiger partial charge in [0.15, 0.2) is 0 Å². The molecule has 0 unspecified atom stereocenters. The van der Waals surface area contributed by atoms with Gasteiger partial charge in [0.2, 0.25) is 0 Å². The largest absolute Gasteiger partial charge is 0.272 e. The molecule has 0 spiro atoms. The molecular formula is C24H17Cl2N3O. The molecule has 1 aromatic heterocycles. The Hall–Kier alpha value is -3.21. The molecule has 6 heteroatoms. The normalized spacial score (nSPS) is 11.5. The summed E-state index contributed by atoms with van der Waals surface area (Å²) in [7, 11) is 0. The summed E-state index contributed by atoms with van der Waals surface area (Å²) in [6.45, 7) is 1.79. The van der Waals surface area contributed by atoms with Gasteiger partial charge >= 0.3 is 0 Å². The molecule has 0 bridgehead atoms. The summed E-state index contributed by atoms with van der Waals surface area (Å²) in [5.41, 5.74) is 6.95. The van der Waals surface area contributed by atoms with Crippen LogP contribution in [0.15, 0.2) is 84.0 Å². The van der Waals surface area contributed by atoms with E-state index in [1.54, 1.807) is 31.2 Å². The molecule has 1 N–H and O–H groups in total. The number of carbonyl (C=O) groups is 1. The Morgan fingerprint density at radius 3 is 2.40 bits per heavy atom. The molecule has 0 aliphatic carbocycles. The molecule has 0 aliphatic heterocycles. The van der Waals surface area contributed by atoms with Crippen molar-refractivity contribution < 1.29 is 4.79 Å². The number of rotatable bonds is 4. The fourth-order valence-electron chi connectivity index (χ4n) is 3.10. The van der Waals surface area contributed by atoms with Crippen LogP contribution in [0.2, 0.25) is 10.0 Å². The number of hydrogen-bond acceptors (Lipinski definition) is 3. The van der Waals surface area contributed by atoms with Crippen molar-refractivity contribution in [3.05, 3.63) is 100 Å². The zero-order valence-electron chi connectivity index (χ0n) is 16.1. The van der Waals surface area contributed by atoms with Crippen molar-refractivity contribution >= 4 is 45.7 Å². The molecule has 0 fully saturated rings. The van der Waals surface area contributed by atoms with Crippen LogP contribution in [0.5, 0.6) is 0 Å². The molecule has 4 rings (SSSR count). The third kappa shape index (κ3) is 4.20. The van der Waals surface area contributed by atoms with E-state index in [2.05, 4.69) is 10.5 Å². The van der Waals surface area contributed by atoms with Crippen LogP contribution < -0.4 is 5.43 Å². The van der Waals surface area contributed by atoms with Crippen molar-refractivity contribution in [3.63, 3.8) is 0 Å². The Morgan fingerprint density at radius 1 is 0.900 bits per heavy atom. The van der Waals surface area contributed by atoms with Gasteiger partial charge in [0.1, 0.15) is 0 Å². The van der Waals surface area contributed by atoms with Gasteiger partial charge in [-0.2, -0.15) is 5.10 Å². The molecule has 4 aromatic rings. The Kier molecular flexibility index (Phi) is 5.79. The van der Waals surface area contributed by atoms with Crippen LogP contribution in [0.3, 0.4) is 0 Å². The lowest BCUT2D eigenvalue weighted by molar-refractivity contribution is 0.0956. The van der Waals surface area contributed by atoms with Gasteiger partial charge in [-0.05, 0) is 36.8 Å². The first-order valence-corrected chi connectivity index (χ1v) is 10.0. The number of fused-ring (bicyclic) bond motifs is 1. The summed E-state index contributed by atoms with van der Waals surface area (Å²) in [5.74, 6) is -0.315. The van der Waals surface area contributed by atoms with Gasteiger partial charge in [-0.15, -0.1) is 0 Å². The van der Waals surface area contributed by atoms with E-state index in [0.717, 1.165) is 27.7 Å². The number of aromatic nitrogens is 1. The van der Waals surface area contributed by atoms with E-state index in [1.807, 2.05) is 54.6 Å². The second-order valence-corrected chi connectivity index (χ2v) is 7.52. The Morgan fingerprint density at radius 2 is 1.63 bits per heavy atom. The topological polar surface area (TPSA) is 54.4 Å². The van der Waals surface area contributed by atoms with Gasteiger partial charge in [-0.1, -0.05) is 77.8 Å². The van der Waals surface area contributed by atoms with Gasteiger partial charge in [0.05, 0.1) is 32.5 Å². The summed E-state index contributed by atoms with van der Waals surface area (Å²) >= 11 is 12.0. The Bertz CT molecular complexity index is 1270. The van der Waals surface area contributed by atoms with Gasteiger partial charge < -0.3 is 0 Å². The minimum Gasteiger partial charge on any atom is -0.267 e. The third-order valence-corrected chi connectivity index (χ3v) is 5.43. The number of hydrazone groups is 1. The van der Waals surface area contributed by atoms with Crippen LogP contribution in [-0.4, -0.2) is 16.6 Å². The maximum Gasteiger partial charge on any atom is 0.272 e. The number of pyridine rings is 1. The number of amides is 1. The van der Waals surface area contributed by atoms with E-state index in [4.69, 9.17) is 28.2 Å². The quantitative estimate of drug-likeness (QED) is 0.300. The molecule has 1 heterocycles. The second kappa shape index (κ2) is 8.66. The minimum absolute atomic E-state index is 0.315. The summed E-state index contributed by atoms with van der Waals surface area (Å²) in [6.07, 6.45) is 0. The molecule has 0 atom stereocenters. The predicted molar refractivity (Wildman–Crippen MR) is 123 cm³/mol. The smallest absolute Gasteiger partial charge is 0.267 e. The van der Waals surface area contributed by atoms with Crippen molar-refractivity contribution in [2.45, 2.75) is 6.92 Å². The maximum absolute atomic E-state index is 13.0. The summed E-state index contributed by atoms with van der Waals surface area (Å²) in [4.78, 5) is 17.7. The van der Waals surface area contributed by atoms with E-state index in [-0.39, 0.29) is 5.91 Å². The molecule has 1 amide bonds. The van der Waals surface area contributed by atoms with E-state index in [9.17, 15) is 4.79 Å². The number of carbonyl (C=O) groups excluding carboxylic acids is 1. The lowest BCUT2D eigenvalue weighted by atomic mass is 10.0. The Labute approximate surface area is 184 Å². The van der Waals surface area contributed by atoms with Crippen LogP contribution >= 0.6 is 23.2 Å². The maximum atomic E-state index is 13.0. The minimum atomic E-state index is -0.315. The third-order valence-electron chi connectivity index (χ3n) is 4.69. The molecular weight excluding hydrogens is 417 g/mol. The average molecular weight is 434 g/mol. The second-order valence-electron chi connectivity index (χ2n) is 6.71. The lowest BCUT2D eigenvalue weighted by Gasteiger charge is -2.09. The molecule has 0 saturated carbocycles. The van der Waals surface area contributed by atoms with E-state index in [0.29, 0.717) is 21.3 Å². The van der Waals surface area contributed by atoms with Gasteiger partial charge in [-0.3, -0.25) is 4.79 Å². The molecule has 30 heavy (non-hydrogen) atoms. The highest BCUT2D eigenvalue weighted by Crippen LogP contribution is 2.25. The number of nitrogens with zero attached hydrogens (tertiary/aromatic N) is 2. The average Bonchev–Trinajstić information content (AvgIpc) is 2.78. The Balaban J connectivity index is 1.69. The molecule has 0 saturated heterocycles. The number of para-hydroxylation sites is 1. The molecule has 3 aromatic carbocycles. The predicted octanol–water partition coefficient (Wildman–Crippen LogP) is 6.36. The summed E-state index contributed by atoms with van der Waals surface area (Å²) in [6, 6.07) is 24.3. The van der Waals surface area contributed by atoms with Crippen molar-refractivity contribution in [1.82, 2.24) is 10.4 Å². The first-order chi connectivity index (χ1) is 14.5.